The van der Waals surface area contributed by atoms with Crippen molar-refractivity contribution >= 4 is 21.9 Å². The minimum Gasteiger partial charge on any atom is -0.465 e. The molecule has 8 nitrogen and oxygen atoms in total. The molecule has 0 unspecified atom stereocenters. The van der Waals surface area contributed by atoms with Gasteiger partial charge >= 0.3 is 5.97 Å². The van der Waals surface area contributed by atoms with Crippen LogP contribution >= 0.6 is 0 Å². The van der Waals surface area contributed by atoms with Crippen molar-refractivity contribution in [2.45, 2.75) is 11.3 Å². The van der Waals surface area contributed by atoms with E-state index < -0.39 is 16.0 Å². The highest BCUT2D eigenvalue weighted by Crippen LogP contribution is 2.18. The number of sulfonamides is 1. The van der Waals surface area contributed by atoms with Crippen LogP contribution in [-0.2, 0) is 19.6 Å². The monoisotopic (exact) mass is 383 g/mol. The number of ether oxygens (including phenoxy) is 1. The minimum absolute atomic E-state index is 0.000272. The summed E-state index contributed by atoms with van der Waals surface area (Å²) in [5, 5.41) is 0. The van der Waals surface area contributed by atoms with Crippen LogP contribution in [0.25, 0.3) is 0 Å². The smallest absolute Gasteiger partial charge is 0.337 e. The van der Waals surface area contributed by atoms with Gasteiger partial charge < -0.3 is 9.64 Å². The van der Waals surface area contributed by atoms with Crippen LogP contribution in [0.3, 0.4) is 0 Å². The van der Waals surface area contributed by atoms with Crippen LogP contribution in [0.5, 0.6) is 0 Å². The van der Waals surface area contributed by atoms with Crippen molar-refractivity contribution in [1.82, 2.24) is 14.1 Å². The Morgan fingerprint density at radius 3 is 2.31 bits per heavy atom. The van der Waals surface area contributed by atoms with E-state index in [1.165, 1.54) is 40.6 Å². The minimum atomic E-state index is -3.64. The SMILES string of the molecule is COC(=O)c1ccc(S(=O)(=O)N2CCCN(CC(=O)N(C)C)CC2)cc1. The highest BCUT2D eigenvalue weighted by molar-refractivity contribution is 7.89. The fraction of sp³-hybridized carbons (Fsp3) is 0.529. The lowest BCUT2D eigenvalue weighted by Crippen LogP contribution is -2.39. The van der Waals surface area contributed by atoms with E-state index in [4.69, 9.17) is 0 Å². The van der Waals surface area contributed by atoms with Crippen LogP contribution in [0.1, 0.15) is 16.8 Å². The Balaban J connectivity index is 2.07. The summed E-state index contributed by atoms with van der Waals surface area (Å²) >= 11 is 0. The number of methoxy groups -OCH3 is 1. The summed E-state index contributed by atoms with van der Waals surface area (Å²) in [7, 11) is 1.04. The molecule has 0 saturated carbocycles. The van der Waals surface area contributed by atoms with E-state index in [2.05, 4.69) is 4.74 Å². The standard InChI is InChI=1S/C17H25N3O5S/c1-18(2)16(21)13-19-9-4-10-20(12-11-19)26(23,24)15-7-5-14(6-8-15)17(22)25-3/h5-8H,4,9-13H2,1-3H3. The number of hydrogen-bond donors (Lipinski definition) is 0. The van der Waals surface area contributed by atoms with E-state index in [0.29, 0.717) is 38.2 Å². The van der Waals surface area contributed by atoms with Gasteiger partial charge in [0.2, 0.25) is 15.9 Å². The van der Waals surface area contributed by atoms with Gasteiger partial charge in [0.1, 0.15) is 0 Å². The summed E-state index contributed by atoms with van der Waals surface area (Å²) in [6, 6.07) is 5.72. The van der Waals surface area contributed by atoms with E-state index in [1.54, 1.807) is 14.1 Å². The van der Waals surface area contributed by atoms with Crippen LogP contribution < -0.4 is 0 Å². The summed E-state index contributed by atoms with van der Waals surface area (Å²) in [5.74, 6) is -0.510. The van der Waals surface area contributed by atoms with Crippen molar-refractivity contribution in [2.24, 2.45) is 0 Å². The van der Waals surface area contributed by atoms with Gasteiger partial charge in [-0.3, -0.25) is 9.69 Å². The highest BCUT2D eigenvalue weighted by atomic mass is 32.2. The van der Waals surface area contributed by atoms with Crippen molar-refractivity contribution in [2.75, 3.05) is 53.9 Å². The van der Waals surface area contributed by atoms with Gasteiger partial charge in [-0.25, -0.2) is 13.2 Å². The van der Waals surface area contributed by atoms with Gasteiger partial charge in [0.25, 0.3) is 0 Å². The second-order valence-corrected chi connectivity index (χ2v) is 8.28. The van der Waals surface area contributed by atoms with E-state index in [0.717, 1.165) is 0 Å². The van der Waals surface area contributed by atoms with Crippen molar-refractivity contribution in [1.29, 1.82) is 0 Å². The number of likely N-dealkylation sites (N-methyl/N-ethyl adjacent to an activating group) is 1. The van der Waals surface area contributed by atoms with Crippen LogP contribution in [0, 0.1) is 0 Å². The maximum Gasteiger partial charge on any atom is 0.337 e. The second-order valence-electron chi connectivity index (χ2n) is 6.34. The predicted octanol–water partition coefficient (Wildman–Crippen LogP) is 0.258. The van der Waals surface area contributed by atoms with Gasteiger partial charge in [0, 0.05) is 33.7 Å². The Morgan fingerprint density at radius 1 is 1.08 bits per heavy atom. The first-order valence-electron chi connectivity index (χ1n) is 8.36. The van der Waals surface area contributed by atoms with Crippen molar-refractivity contribution in [3.8, 4) is 0 Å². The largest absolute Gasteiger partial charge is 0.465 e. The molecule has 0 N–H and O–H groups in total. The number of nitrogens with zero attached hydrogens (tertiary/aromatic N) is 3. The molecular formula is C17H25N3O5S. The Bertz CT molecular complexity index is 746. The first-order valence-corrected chi connectivity index (χ1v) is 9.80. The lowest BCUT2D eigenvalue weighted by molar-refractivity contribution is -0.129. The summed E-state index contributed by atoms with van der Waals surface area (Å²) in [6.45, 7) is 2.18. The molecule has 144 valence electrons. The molecule has 1 heterocycles. The molecule has 0 aliphatic carbocycles. The molecule has 1 aliphatic rings. The van der Waals surface area contributed by atoms with Gasteiger partial charge in [-0.2, -0.15) is 4.31 Å². The molecule has 26 heavy (non-hydrogen) atoms. The molecule has 0 atom stereocenters. The molecule has 0 aromatic heterocycles. The topological polar surface area (TPSA) is 87.2 Å². The molecule has 0 bridgehead atoms. The van der Waals surface area contributed by atoms with Crippen molar-refractivity contribution in [3.05, 3.63) is 29.8 Å². The maximum absolute atomic E-state index is 12.8. The van der Waals surface area contributed by atoms with E-state index in [1.807, 2.05) is 4.90 Å². The molecule has 1 amide bonds. The zero-order valence-electron chi connectivity index (χ0n) is 15.3. The van der Waals surface area contributed by atoms with Gasteiger partial charge in [-0.05, 0) is 37.2 Å². The Morgan fingerprint density at radius 2 is 1.73 bits per heavy atom. The summed E-state index contributed by atoms with van der Waals surface area (Å²) in [4.78, 5) is 27.0. The lowest BCUT2D eigenvalue weighted by Gasteiger charge is -2.22. The average molecular weight is 383 g/mol. The molecule has 1 aromatic rings. The number of carbonyl (C=O) groups excluding carboxylic acids is 2. The molecule has 1 saturated heterocycles. The molecular weight excluding hydrogens is 358 g/mol. The number of carbonyl (C=O) groups is 2. The van der Waals surface area contributed by atoms with Crippen LogP contribution in [0.4, 0.5) is 0 Å². The van der Waals surface area contributed by atoms with Crippen LogP contribution in [0.15, 0.2) is 29.2 Å². The molecule has 1 aliphatic heterocycles. The Hall–Kier alpha value is -1.97. The van der Waals surface area contributed by atoms with Crippen molar-refractivity contribution in [3.63, 3.8) is 0 Å². The second kappa shape index (κ2) is 8.61. The van der Waals surface area contributed by atoms with Crippen molar-refractivity contribution < 1.29 is 22.7 Å². The summed E-state index contributed by atoms with van der Waals surface area (Å²) in [5.41, 5.74) is 0.302. The number of amides is 1. The molecule has 0 spiro atoms. The van der Waals surface area contributed by atoms with Gasteiger partial charge in [-0.1, -0.05) is 0 Å². The number of rotatable bonds is 5. The Labute approximate surface area is 154 Å². The van der Waals surface area contributed by atoms with Gasteiger partial charge in [-0.15, -0.1) is 0 Å². The molecule has 9 heteroatoms. The van der Waals surface area contributed by atoms with Crippen LogP contribution in [0.2, 0.25) is 0 Å². The highest BCUT2D eigenvalue weighted by Gasteiger charge is 2.27. The van der Waals surface area contributed by atoms with E-state index in [9.17, 15) is 18.0 Å². The third-order valence-electron chi connectivity index (χ3n) is 4.32. The van der Waals surface area contributed by atoms with Gasteiger partial charge in [0.05, 0.1) is 24.1 Å². The Kier molecular flexibility index (Phi) is 6.74. The molecule has 0 radical (unpaired) electrons. The number of esters is 1. The first-order chi connectivity index (χ1) is 12.3. The fourth-order valence-corrected chi connectivity index (χ4v) is 4.18. The first kappa shape index (κ1) is 20.3. The van der Waals surface area contributed by atoms with Crippen LogP contribution in [-0.4, -0.2) is 88.3 Å². The third-order valence-corrected chi connectivity index (χ3v) is 6.23. The van der Waals surface area contributed by atoms with Gasteiger partial charge in [0.15, 0.2) is 0 Å². The predicted molar refractivity (Wildman–Crippen MR) is 96.3 cm³/mol. The van der Waals surface area contributed by atoms with E-state index >= 15 is 0 Å². The summed E-state index contributed by atoms with van der Waals surface area (Å²) in [6.07, 6.45) is 0.653. The normalized spacial score (nSPS) is 16.7. The third kappa shape index (κ3) is 4.80. The lowest BCUT2D eigenvalue weighted by atomic mass is 10.2. The molecule has 1 aromatic carbocycles. The summed E-state index contributed by atoms with van der Waals surface area (Å²) < 4.78 is 31.7. The maximum atomic E-state index is 12.8. The molecule has 1 fully saturated rings. The zero-order valence-corrected chi connectivity index (χ0v) is 16.2. The molecule has 2 rings (SSSR count). The fourth-order valence-electron chi connectivity index (χ4n) is 2.71. The number of hydrogen-bond acceptors (Lipinski definition) is 6. The van der Waals surface area contributed by atoms with E-state index in [-0.39, 0.29) is 17.3 Å². The quantitative estimate of drug-likeness (QED) is 0.678. The zero-order chi connectivity index (χ0) is 19.3. The number of benzene rings is 1. The average Bonchev–Trinajstić information content (AvgIpc) is 2.87.